The number of anilines is 1. The van der Waals surface area contributed by atoms with Crippen molar-refractivity contribution < 1.29 is 35.9 Å². The number of nitrogens with one attached hydrogen (secondary N) is 1. The normalized spacial score (nSPS) is 11.3. The van der Waals surface area contributed by atoms with Gasteiger partial charge in [0.1, 0.15) is 0 Å². The molecule has 2 aromatic rings. The number of alkyl halides is 3. The zero-order valence-electron chi connectivity index (χ0n) is 16.1. The van der Waals surface area contributed by atoms with E-state index in [0.717, 1.165) is 34.9 Å². The lowest BCUT2D eigenvalue weighted by atomic mass is 10.2. The SMILES string of the molecule is CCCN(CC(=O)Nc1ccc(F)c(F)c1F)C(=O)CSc1ccc(C(F)(F)F)cn1. The van der Waals surface area contributed by atoms with Gasteiger partial charge in [-0.05, 0) is 30.7 Å². The summed E-state index contributed by atoms with van der Waals surface area (Å²) in [4.78, 5) is 29.4. The number of thioether (sulfide) groups is 1. The van der Waals surface area contributed by atoms with E-state index in [4.69, 9.17) is 0 Å². The number of hydrogen-bond acceptors (Lipinski definition) is 4. The molecule has 168 valence electrons. The fourth-order valence-electron chi connectivity index (χ4n) is 2.41. The summed E-state index contributed by atoms with van der Waals surface area (Å²) in [6.45, 7) is 1.44. The van der Waals surface area contributed by atoms with Gasteiger partial charge in [0.2, 0.25) is 11.8 Å². The highest BCUT2D eigenvalue weighted by atomic mass is 32.2. The first-order valence-electron chi connectivity index (χ1n) is 8.90. The summed E-state index contributed by atoms with van der Waals surface area (Å²) in [6, 6.07) is 3.47. The van der Waals surface area contributed by atoms with Gasteiger partial charge >= 0.3 is 6.18 Å². The van der Waals surface area contributed by atoms with Gasteiger partial charge in [0.25, 0.3) is 0 Å². The van der Waals surface area contributed by atoms with Crippen LogP contribution in [0.3, 0.4) is 0 Å². The Morgan fingerprint density at radius 1 is 1.10 bits per heavy atom. The van der Waals surface area contributed by atoms with Gasteiger partial charge in [-0.25, -0.2) is 18.2 Å². The molecule has 0 spiro atoms. The number of rotatable bonds is 8. The number of carbonyl (C=O) groups is 2. The van der Waals surface area contributed by atoms with E-state index in [1.807, 2.05) is 0 Å². The van der Waals surface area contributed by atoms with Crippen molar-refractivity contribution in [3.8, 4) is 0 Å². The summed E-state index contributed by atoms with van der Waals surface area (Å²) < 4.78 is 77.6. The maximum atomic E-state index is 13.7. The summed E-state index contributed by atoms with van der Waals surface area (Å²) in [5.41, 5.74) is -1.49. The van der Waals surface area contributed by atoms with Gasteiger partial charge in [0.05, 0.1) is 28.6 Å². The van der Waals surface area contributed by atoms with Gasteiger partial charge in [0, 0.05) is 12.7 Å². The summed E-state index contributed by atoms with van der Waals surface area (Å²) in [6.07, 6.45) is -3.38. The second-order valence-electron chi connectivity index (χ2n) is 6.26. The van der Waals surface area contributed by atoms with Crippen LogP contribution in [0.5, 0.6) is 0 Å². The number of aromatic nitrogens is 1. The first kappa shape index (κ1) is 24.5. The van der Waals surface area contributed by atoms with Crippen LogP contribution in [0.15, 0.2) is 35.5 Å². The monoisotopic (exact) mass is 465 g/mol. The zero-order valence-corrected chi connectivity index (χ0v) is 16.9. The second-order valence-corrected chi connectivity index (χ2v) is 7.25. The molecule has 0 radical (unpaired) electrons. The van der Waals surface area contributed by atoms with Crippen molar-refractivity contribution in [1.29, 1.82) is 0 Å². The molecule has 0 bridgehead atoms. The molecular weight excluding hydrogens is 448 g/mol. The average molecular weight is 465 g/mol. The molecule has 12 heteroatoms. The van der Waals surface area contributed by atoms with Crippen LogP contribution in [-0.4, -0.2) is 40.5 Å². The van der Waals surface area contributed by atoms with E-state index >= 15 is 0 Å². The molecule has 5 nitrogen and oxygen atoms in total. The fraction of sp³-hybridized carbons (Fsp3) is 0.316. The predicted molar refractivity (Wildman–Crippen MR) is 102 cm³/mol. The van der Waals surface area contributed by atoms with Gasteiger partial charge in [-0.2, -0.15) is 13.2 Å². The maximum Gasteiger partial charge on any atom is 0.417 e. The number of halogens is 6. The highest BCUT2D eigenvalue weighted by Gasteiger charge is 2.30. The van der Waals surface area contributed by atoms with E-state index in [-0.39, 0.29) is 17.3 Å². The number of pyridine rings is 1. The third-order valence-corrected chi connectivity index (χ3v) is 4.83. The van der Waals surface area contributed by atoms with Crippen molar-refractivity contribution >= 4 is 29.3 Å². The molecular formula is C19H17F6N3O2S. The molecule has 0 aliphatic heterocycles. The number of carbonyl (C=O) groups excluding carboxylic acids is 2. The van der Waals surface area contributed by atoms with Crippen molar-refractivity contribution in [2.24, 2.45) is 0 Å². The van der Waals surface area contributed by atoms with Crippen molar-refractivity contribution in [2.75, 3.05) is 24.2 Å². The quantitative estimate of drug-likeness (QED) is 0.355. The summed E-state index contributed by atoms with van der Waals surface area (Å²) in [5.74, 6) is -6.25. The molecule has 0 unspecified atom stereocenters. The Morgan fingerprint density at radius 2 is 1.81 bits per heavy atom. The van der Waals surface area contributed by atoms with Crippen molar-refractivity contribution in [2.45, 2.75) is 24.5 Å². The molecule has 0 aliphatic carbocycles. The third kappa shape index (κ3) is 6.88. The van der Waals surface area contributed by atoms with Crippen LogP contribution in [0.4, 0.5) is 32.0 Å². The molecule has 0 atom stereocenters. The minimum absolute atomic E-state index is 0.174. The number of hydrogen-bond donors (Lipinski definition) is 1. The first-order valence-corrected chi connectivity index (χ1v) is 9.88. The number of amides is 2. The minimum atomic E-state index is -4.52. The molecule has 31 heavy (non-hydrogen) atoms. The molecule has 2 rings (SSSR count). The highest BCUT2D eigenvalue weighted by Crippen LogP contribution is 2.29. The molecule has 1 N–H and O–H groups in total. The highest BCUT2D eigenvalue weighted by molar-refractivity contribution is 7.99. The van der Waals surface area contributed by atoms with Crippen LogP contribution in [0.25, 0.3) is 0 Å². The molecule has 2 amide bonds. The van der Waals surface area contributed by atoms with E-state index in [9.17, 15) is 35.9 Å². The molecule has 1 heterocycles. The maximum absolute atomic E-state index is 13.7. The second kappa shape index (κ2) is 10.5. The lowest BCUT2D eigenvalue weighted by molar-refractivity contribution is -0.138. The molecule has 1 aromatic carbocycles. The van der Waals surface area contributed by atoms with E-state index in [2.05, 4.69) is 10.3 Å². The number of benzene rings is 1. The summed E-state index contributed by atoms with van der Waals surface area (Å²) in [5, 5.41) is 2.26. The van der Waals surface area contributed by atoms with Gasteiger partial charge < -0.3 is 10.2 Å². The Hall–Kier alpha value is -2.76. The van der Waals surface area contributed by atoms with Gasteiger partial charge in [-0.1, -0.05) is 18.7 Å². The largest absolute Gasteiger partial charge is 0.417 e. The van der Waals surface area contributed by atoms with Crippen LogP contribution in [0, 0.1) is 17.5 Å². The minimum Gasteiger partial charge on any atom is -0.333 e. The third-order valence-electron chi connectivity index (χ3n) is 3.90. The topological polar surface area (TPSA) is 62.3 Å². The van der Waals surface area contributed by atoms with E-state index < -0.39 is 53.2 Å². The molecule has 0 saturated carbocycles. The smallest absolute Gasteiger partial charge is 0.333 e. The predicted octanol–water partition coefficient (Wildman–Crippen LogP) is 4.49. The Morgan fingerprint density at radius 3 is 2.39 bits per heavy atom. The molecule has 1 aromatic heterocycles. The summed E-state index contributed by atoms with van der Waals surface area (Å²) in [7, 11) is 0. The number of nitrogens with zero attached hydrogens (tertiary/aromatic N) is 2. The summed E-state index contributed by atoms with van der Waals surface area (Å²) >= 11 is 0.886. The molecule has 0 fully saturated rings. The zero-order chi connectivity index (χ0) is 23.2. The Kier molecular flexibility index (Phi) is 8.31. The first-order chi connectivity index (χ1) is 14.5. The van der Waals surface area contributed by atoms with Crippen LogP contribution in [0.1, 0.15) is 18.9 Å². The van der Waals surface area contributed by atoms with Crippen LogP contribution < -0.4 is 5.32 Å². The standard InChI is InChI=1S/C19H17F6N3O2S/c1-2-7-28(9-14(29)27-13-5-4-12(20)17(21)18(13)22)16(30)10-31-15-6-3-11(8-26-15)19(23,24)25/h3-6,8H,2,7,9-10H2,1H3,(H,27,29). The van der Waals surface area contributed by atoms with Gasteiger partial charge in [-0.3, -0.25) is 9.59 Å². The van der Waals surface area contributed by atoms with Crippen LogP contribution >= 0.6 is 11.8 Å². The lowest BCUT2D eigenvalue weighted by Crippen LogP contribution is -2.39. The van der Waals surface area contributed by atoms with Crippen LogP contribution in [0.2, 0.25) is 0 Å². The Labute approximate surface area is 177 Å². The van der Waals surface area contributed by atoms with E-state index in [0.29, 0.717) is 18.7 Å². The molecule has 0 aliphatic rings. The van der Waals surface area contributed by atoms with Crippen molar-refractivity contribution in [3.63, 3.8) is 0 Å². The Bertz CT molecular complexity index is 937. The average Bonchev–Trinajstić information content (AvgIpc) is 2.72. The lowest BCUT2D eigenvalue weighted by Gasteiger charge is -2.21. The van der Waals surface area contributed by atoms with Crippen molar-refractivity contribution in [3.05, 3.63) is 53.5 Å². The fourth-order valence-corrected chi connectivity index (χ4v) is 3.15. The Balaban J connectivity index is 1.97. The van der Waals surface area contributed by atoms with Crippen LogP contribution in [-0.2, 0) is 15.8 Å². The van der Waals surface area contributed by atoms with Crippen molar-refractivity contribution in [1.82, 2.24) is 9.88 Å². The molecule has 0 saturated heterocycles. The van der Waals surface area contributed by atoms with Gasteiger partial charge in [0.15, 0.2) is 17.5 Å². The van der Waals surface area contributed by atoms with E-state index in [1.54, 1.807) is 6.92 Å². The van der Waals surface area contributed by atoms with Gasteiger partial charge in [-0.15, -0.1) is 0 Å². The van der Waals surface area contributed by atoms with E-state index in [1.165, 1.54) is 0 Å².